The number of carbonyl (C=O) groups is 1. The highest BCUT2D eigenvalue weighted by molar-refractivity contribution is 5.89. The van der Waals surface area contributed by atoms with Crippen LogP contribution in [0.5, 0.6) is 0 Å². The Morgan fingerprint density at radius 1 is 1.00 bits per heavy atom. The van der Waals surface area contributed by atoms with Crippen LogP contribution in [-0.2, 0) is 6.54 Å². The largest absolute Gasteiger partial charge is 0.334 e. The van der Waals surface area contributed by atoms with Gasteiger partial charge in [0, 0.05) is 12.2 Å². The molecule has 2 rings (SSSR count). The number of hydrogen-bond acceptors (Lipinski definition) is 1. The van der Waals surface area contributed by atoms with Gasteiger partial charge in [0.05, 0.1) is 0 Å². The molecule has 0 unspecified atom stereocenters. The van der Waals surface area contributed by atoms with Crippen LogP contribution < -0.4 is 10.6 Å². The maximum absolute atomic E-state index is 11.8. The summed E-state index contributed by atoms with van der Waals surface area (Å²) >= 11 is 0. The van der Waals surface area contributed by atoms with Crippen LogP contribution in [-0.4, -0.2) is 6.03 Å². The number of nitrogens with one attached hydrogen (secondary N) is 2. The summed E-state index contributed by atoms with van der Waals surface area (Å²) in [5.74, 6) is 0. The first-order valence-electron chi connectivity index (χ1n) is 6.30. The fraction of sp³-hybridized carbons (Fsp3) is 0.188. The predicted molar refractivity (Wildman–Crippen MR) is 78.2 cm³/mol. The third-order valence-electron chi connectivity index (χ3n) is 2.78. The van der Waals surface area contributed by atoms with Gasteiger partial charge in [-0.15, -0.1) is 0 Å². The lowest BCUT2D eigenvalue weighted by molar-refractivity contribution is 0.251. The van der Waals surface area contributed by atoms with Crippen LogP contribution >= 0.6 is 0 Å². The Hall–Kier alpha value is -2.29. The molecule has 0 heterocycles. The van der Waals surface area contributed by atoms with Crippen LogP contribution in [0.1, 0.15) is 16.7 Å². The first-order valence-corrected chi connectivity index (χ1v) is 6.30. The van der Waals surface area contributed by atoms with Gasteiger partial charge < -0.3 is 10.6 Å². The van der Waals surface area contributed by atoms with Crippen molar-refractivity contribution >= 4 is 11.7 Å². The van der Waals surface area contributed by atoms with Crippen LogP contribution in [0.4, 0.5) is 10.5 Å². The normalized spacial score (nSPS) is 10.0. The molecule has 3 nitrogen and oxygen atoms in total. The summed E-state index contributed by atoms with van der Waals surface area (Å²) in [5.41, 5.74) is 4.18. The van der Waals surface area contributed by atoms with Crippen LogP contribution in [0.3, 0.4) is 0 Å². The Labute approximate surface area is 113 Å². The van der Waals surface area contributed by atoms with Crippen LogP contribution in [0.2, 0.25) is 0 Å². The lowest BCUT2D eigenvalue weighted by Gasteiger charge is -2.09. The molecule has 0 fully saturated rings. The molecule has 0 atom stereocenters. The molecule has 98 valence electrons. The average Bonchev–Trinajstić information content (AvgIpc) is 2.36. The molecule has 0 aliphatic heterocycles. The molecular weight excluding hydrogens is 236 g/mol. The van der Waals surface area contributed by atoms with Crippen LogP contribution in [0, 0.1) is 13.8 Å². The number of rotatable bonds is 3. The van der Waals surface area contributed by atoms with Crippen molar-refractivity contribution in [2.75, 3.05) is 5.32 Å². The summed E-state index contributed by atoms with van der Waals surface area (Å²) in [6.07, 6.45) is 0. The van der Waals surface area contributed by atoms with Gasteiger partial charge >= 0.3 is 6.03 Å². The molecule has 0 aliphatic carbocycles. The van der Waals surface area contributed by atoms with Crippen molar-refractivity contribution in [3.05, 3.63) is 65.2 Å². The van der Waals surface area contributed by atoms with Crippen molar-refractivity contribution in [1.29, 1.82) is 0 Å². The Bertz CT molecular complexity index is 544. The second-order valence-electron chi connectivity index (χ2n) is 4.67. The lowest BCUT2D eigenvalue weighted by atomic mass is 10.1. The Balaban J connectivity index is 1.91. The second-order valence-corrected chi connectivity index (χ2v) is 4.67. The summed E-state index contributed by atoms with van der Waals surface area (Å²) in [7, 11) is 0. The van der Waals surface area contributed by atoms with Crippen molar-refractivity contribution in [2.24, 2.45) is 0 Å². The number of benzene rings is 2. The van der Waals surface area contributed by atoms with Crippen molar-refractivity contribution in [2.45, 2.75) is 20.4 Å². The molecule has 3 heteroatoms. The third kappa shape index (κ3) is 4.14. The van der Waals surface area contributed by atoms with Crippen molar-refractivity contribution in [3.8, 4) is 0 Å². The zero-order valence-corrected chi connectivity index (χ0v) is 11.2. The molecule has 0 aliphatic rings. The minimum Gasteiger partial charge on any atom is -0.334 e. The number of aryl methyl sites for hydroxylation is 2. The number of hydrogen-bond donors (Lipinski definition) is 2. The maximum Gasteiger partial charge on any atom is 0.319 e. The van der Waals surface area contributed by atoms with E-state index in [0.717, 1.165) is 22.4 Å². The number of anilines is 1. The van der Waals surface area contributed by atoms with E-state index in [1.165, 1.54) is 0 Å². The molecule has 2 N–H and O–H groups in total. The quantitative estimate of drug-likeness (QED) is 0.863. The van der Waals surface area contributed by atoms with E-state index >= 15 is 0 Å². The predicted octanol–water partition coefficient (Wildman–Crippen LogP) is 3.63. The van der Waals surface area contributed by atoms with E-state index in [2.05, 4.69) is 16.7 Å². The smallest absolute Gasteiger partial charge is 0.319 e. The van der Waals surface area contributed by atoms with Gasteiger partial charge in [0.2, 0.25) is 0 Å². The van der Waals surface area contributed by atoms with Crippen LogP contribution in [0.25, 0.3) is 0 Å². The molecule has 19 heavy (non-hydrogen) atoms. The summed E-state index contributed by atoms with van der Waals surface area (Å²) in [4.78, 5) is 11.8. The minimum atomic E-state index is -0.186. The van der Waals surface area contributed by atoms with E-state index in [0.29, 0.717) is 6.54 Å². The molecule has 0 aromatic heterocycles. The van der Waals surface area contributed by atoms with Gasteiger partial charge in [-0.1, -0.05) is 36.4 Å². The Morgan fingerprint density at radius 2 is 1.63 bits per heavy atom. The summed E-state index contributed by atoms with van der Waals surface area (Å²) in [6, 6.07) is 15.6. The summed E-state index contributed by atoms with van der Waals surface area (Å²) < 4.78 is 0. The molecule has 2 aromatic rings. The van der Waals surface area contributed by atoms with E-state index in [1.807, 2.05) is 56.3 Å². The molecule has 0 spiro atoms. The van der Waals surface area contributed by atoms with Gasteiger partial charge in [0.15, 0.2) is 0 Å². The minimum absolute atomic E-state index is 0.186. The van der Waals surface area contributed by atoms with E-state index in [1.54, 1.807) is 0 Å². The van der Waals surface area contributed by atoms with Gasteiger partial charge in [-0.05, 0) is 42.7 Å². The zero-order chi connectivity index (χ0) is 13.7. The molecular formula is C16H18N2O. The third-order valence-corrected chi connectivity index (χ3v) is 2.78. The number of amides is 2. The monoisotopic (exact) mass is 254 g/mol. The highest BCUT2D eigenvalue weighted by Gasteiger charge is 2.02. The maximum atomic E-state index is 11.8. The number of carbonyl (C=O) groups excluding carboxylic acids is 1. The molecule has 2 amide bonds. The van der Waals surface area contributed by atoms with Gasteiger partial charge in [-0.3, -0.25) is 0 Å². The molecule has 0 saturated carbocycles. The summed E-state index contributed by atoms with van der Waals surface area (Å²) in [6.45, 7) is 4.55. The van der Waals surface area contributed by atoms with E-state index in [-0.39, 0.29) is 6.03 Å². The average molecular weight is 254 g/mol. The van der Waals surface area contributed by atoms with Crippen molar-refractivity contribution in [1.82, 2.24) is 5.32 Å². The van der Waals surface area contributed by atoms with Gasteiger partial charge in [0.25, 0.3) is 0 Å². The molecule has 2 aromatic carbocycles. The van der Waals surface area contributed by atoms with E-state index in [9.17, 15) is 4.79 Å². The number of urea groups is 1. The Morgan fingerprint density at radius 3 is 2.26 bits per heavy atom. The van der Waals surface area contributed by atoms with E-state index in [4.69, 9.17) is 0 Å². The topological polar surface area (TPSA) is 41.1 Å². The Kier molecular flexibility index (Phi) is 4.18. The zero-order valence-electron chi connectivity index (χ0n) is 11.2. The molecule has 0 bridgehead atoms. The van der Waals surface area contributed by atoms with Gasteiger partial charge in [0.1, 0.15) is 0 Å². The highest BCUT2D eigenvalue weighted by atomic mass is 16.2. The highest BCUT2D eigenvalue weighted by Crippen LogP contribution is 2.13. The van der Waals surface area contributed by atoms with Gasteiger partial charge in [-0.2, -0.15) is 0 Å². The van der Waals surface area contributed by atoms with Crippen molar-refractivity contribution < 1.29 is 4.79 Å². The summed E-state index contributed by atoms with van der Waals surface area (Å²) in [5, 5.41) is 5.68. The molecule has 0 saturated heterocycles. The molecule has 0 radical (unpaired) electrons. The first kappa shape index (κ1) is 13.1. The fourth-order valence-corrected chi connectivity index (χ4v) is 2.00. The lowest BCUT2D eigenvalue weighted by Crippen LogP contribution is -2.28. The SMILES string of the molecule is Cc1cc(C)cc(NC(=O)NCc2ccccc2)c1. The fourth-order valence-electron chi connectivity index (χ4n) is 2.00. The standard InChI is InChI=1S/C16H18N2O/c1-12-8-13(2)10-15(9-12)18-16(19)17-11-14-6-4-3-5-7-14/h3-10H,11H2,1-2H3,(H2,17,18,19). The first-order chi connectivity index (χ1) is 9.13. The van der Waals surface area contributed by atoms with E-state index < -0.39 is 0 Å². The van der Waals surface area contributed by atoms with Crippen LogP contribution in [0.15, 0.2) is 48.5 Å². The second kappa shape index (κ2) is 6.05. The van der Waals surface area contributed by atoms with Gasteiger partial charge in [-0.25, -0.2) is 4.79 Å². The van der Waals surface area contributed by atoms with Crippen molar-refractivity contribution in [3.63, 3.8) is 0 Å².